The summed E-state index contributed by atoms with van der Waals surface area (Å²) in [5.41, 5.74) is 0. The van der Waals surface area contributed by atoms with Crippen LogP contribution in [0, 0.1) is 5.92 Å². The van der Waals surface area contributed by atoms with E-state index in [1.54, 1.807) is 0 Å². The van der Waals surface area contributed by atoms with Crippen molar-refractivity contribution in [2.45, 2.75) is 25.7 Å². The fraction of sp³-hybridized carbons (Fsp3) is 0.875. The predicted molar refractivity (Wildman–Crippen MR) is 57.0 cm³/mol. The molecule has 80 valence electrons. The fourth-order valence-electron chi connectivity index (χ4n) is 1.50. The Balaban J connectivity index is 0. The van der Waals surface area contributed by atoms with E-state index in [0.717, 1.165) is 32.4 Å². The van der Waals surface area contributed by atoms with E-state index in [2.05, 4.69) is 5.32 Å². The molecule has 5 heteroatoms. The van der Waals surface area contributed by atoms with Crippen molar-refractivity contribution in [2.24, 2.45) is 5.92 Å². The van der Waals surface area contributed by atoms with Crippen LogP contribution < -0.4 is 5.32 Å². The molecule has 1 heterocycles. The fourth-order valence-corrected chi connectivity index (χ4v) is 1.50. The second-order valence-corrected chi connectivity index (χ2v) is 3.13. The maximum Gasteiger partial charge on any atom is 0.303 e. The third-order valence-electron chi connectivity index (χ3n) is 2.23. The van der Waals surface area contributed by atoms with E-state index in [4.69, 9.17) is 5.11 Å². The van der Waals surface area contributed by atoms with E-state index in [9.17, 15) is 4.79 Å². The third kappa shape index (κ3) is 7.11. The van der Waals surface area contributed by atoms with E-state index < -0.39 is 5.97 Å². The summed E-state index contributed by atoms with van der Waals surface area (Å²) < 4.78 is 0. The van der Waals surface area contributed by atoms with Gasteiger partial charge in [0.05, 0.1) is 0 Å². The number of aliphatic carboxylic acids is 1. The van der Waals surface area contributed by atoms with Gasteiger partial charge < -0.3 is 10.4 Å². The van der Waals surface area contributed by atoms with Crippen molar-refractivity contribution >= 4 is 30.8 Å². The molecular weight excluding hydrogens is 213 g/mol. The summed E-state index contributed by atoms with van der Waals surface area (Å²) in [6.45, 7) is 2.12. The van der Waals surface area contributed by atoms with Crippen molar-refractivity contribution in [2.75, 3.05) is 13.1 Å². The molecule has 1 rings (SSSR count). The van der Waals surface area contributed by atoms with Crippen LogP contribution in [-0.2, 0) is 4.79 Å². The Morgan fingerprint density at radius 3 is 2.31 bits per heavy atom. The first-order valence-corrected chi connectivity index (χ1v) is 4.21. The molecule has 1 aliphatic rings. The lowest BCUT2D eigenvalue weighted by Gasteiger charge is -2.21. The maximum absolute atomic E-state index is 10.2. The van der Waals surface area contributed by atoms with E-state index in [-0.39, 0.29) is 24.8 Å². The Morgan fingerprint density at radius 2 is 1.85 bits per heavy atom. The molecule has 1 saturated heterocycles. The molecule has 0 amide bonds. The summed E-state index contributed by atoms with van der Waals surface area (Å²) in [6, 6.07) is 0. The molecule has 2 N–H and O–H groups in total. The molecule has 0 aromatic carbocycles. The van der Waals surface area contributed by atoms with Crippen molar-refractivity contribution in [1.82, 2.24) is 5.32 Å². The van der Waals surface area contributed by atoms with Crippen LogP contribution in [0.5, 0.6) is 0 Å². The Hall–Kier alpha value is 0.01000. The van der Waals surface area contributed by atoms with E-state index >= 15 is 0 Å². The topological polar surface area (TPSA) is 49.3 Å². The minimum absolute atomic E-state index is 0. The summed E-state index contributed by atoms with van der Waals surface area (Å²) >= 11 is 0. The average Bonchev–Trinajstić information content (AvgIpc) is 2.03. The largest absolute Gasteiger partial charge is 0.481 e. The number of piperidine rings is 1. The molecule has 1 fully saturated rings. The highest BCUT2D eigenvalue weighted by Crippen LogP contribution is 2.17. The van der Waals surface area contributed by atoms with Crippen LogP contribution in [0.1, 0.15) is 25.7 Å². The molecule has 13 heavy (non-hydrogen) atoms. The normalized spacial score (nSPS) is 16.9. The molecule has 0 bridgehead atoms. The van der Waals surface area contributed by atoms with Gasteiger partial charge in [-0.05, 0) is 38.3 Å². The van der Waals surface area contributed by atoms with Gasteiger partial charge in [0.2, 0.25) is 0 Å². The molecule has 0 aromatic rings. The Morgan fingerprint density at radius 1 is 1.31 bits per heavy atom. The van der Waals surface area contributed by atoms with Crippen molar-refractivity contribution in [3.05, 3.63) is 0 Å². The van der Waals surface area contributed by atoms with E-state index in [1.807, 2.05) is 0 Å². The lowest BCUT2D eigenvalue weighted by Crippen LogP contribution is -2.27. The first-order chi connectivity index (χ1) is 5.29. The monoisotopic (exact) mass is 229 g/mol. The van der Waals surface area contributed by atoms with Gasteiger partial charge in [0.1, 0.15) is 0 Å². The standard InChI is InChI=1S/C8H15NO2.2ClH/c10-8(11)2-1-7-3-5-9-6-4-7;;/h7,9H,1-6H2,(H,10,11);2*1H. The van der Waals surface area contributed by atoms with Crippen molar-refractivity contribution < 1.29 is 9.90 Å². The molecule has 0 spiro atoms. The van der Waals surface area contributed by atoms with Gasteiger partial charge >= 0.3 is 5.97 Å². The van der Waals surface area contributed by atoms with Gasteiger partial charge in [-0.25, -0.2) is 0 Å². The zero-order chi connectivity index (χ0) is 8.10. The summed E-state index contributed by atoms with van der Waals surface area (Å²) in [4.78, 5) is 10.2. The molecule has 0 aliphatic carbocycles. The number of carboxylic acid groups (broad SMARTS) is 1. The first kappa shape index (κ1) is 15.5. The number of hydrogen-bond donors (Lipinski definition) is 2. The zero-order valence-corrected chi connectivity index (χ0v) is 9.12. The van der Waals surface area contributed by atoms with Crippen LogP contribution in [0.15, 0.2) is 0 Å². The van der Waals surface area contributed by atoms with Gasteiger partial charge in [-0.1, -0.05) is 0 Å². The molecule has 1 aliphatic heterocycles. The van der Waals surface area contributed by atoms with Crippen LogP contribution in [0.3, 0.4) is 0 Å². The quantitative estimate of drug-likeness (QED) is 0.775. The minimum atomic E-state index is -0.663. The molecule has 0 aromatic heterocycles. The van der Waals surface area contributed by atoms with Gasteiger partial charge in [0.25, 0.3) is 0 Å². The highest BCUT2D eigenvalue weighted by Gasteiger charge is 2.13. The number of hydrogen-bond acceptors (Lipinski definition) is 2. The Bertz CT molecular complexity index is 138. The van der Waals surface area contributed by atoms with Crippen LogP contribution in [-0.4, -0.2) is 24.2 Å². The van der Waals surface area contributed by atoms with Gasteiger partial charge in [0, 0.05) is 6.42 Å². The smallest absolute Gasteiger partial charge is 0.303 e. The Kier molecular flexibility index (Phi) is 10.2. The van der Waals surface area contributed by atoms with Crippen molar-refractivity contribution in [3.63, 3.8) is 0 Å². The van der Waals surface area contributed by atoms with Crippen molar-refractivity contribution in [3.8, 4) is 0 Å². The second kappa shape index (κ2) is 8.60. The molecule has 0 saturated carbocycles. The number of rotatable bonds is 3. The van der Waals surface area contributed by atoms with Gasteiger partial charge in [0.15, 0.2) is 0 Å². The van der Waals surface area contributed by atoms with E-state index in [1.165, 1.54) is 0 Å². The predicted octanol–water partition coefficient (Wildman–Crippen LogP) is 1.69. The van der Waals surface area contributed by atoms with Crippen LogP contribution in [0.4, 0.5) is 0 Å². The number of carboxylic acids is 1. The lowest BCUT2D eigenvalue weighted by molar-refractivity contribution is -0.137. The molecular formula is C8H17Cl2NO2. The van der Waals surface area contributed by atoms with Crippen LogP contribution in [0.2, 0.25) is 0 Å². The second-order valence-electron chi connectivity index (χ2n) is 3.13. The molecule has 0 atom stereocenters. The van der Waals surface area contributed by atoms with E-state index in [0.29, 0.717) is 12.3 Å². The maximum atomic E-state index is 10.2. The SMILES string of the molecule is Cl.Cl.O=C(O)CCC1CCNCC1. The van der Waals surface area contributed by atoms with Gasteiger partial charge in [-0.15, -0.1) is 24.8 Å². The summed E-state index contributed by atoms with van der Waals surface area (Å²) in [5.74, 6) is -0.0177. The summed E-state index contributed by atoms with van der Waals surface area (Å²) in [5, 5.41) is 11.7. The van der Waals surface area contributed by atoms with Gasteiger partial charge in [-0.2, -0.15) is 0 Å². The summed E-state index contributed by atoms with van der Waals surface area (Å²) in [7, 11) is 0. The molecule has 0 radical (unpaired) electrons. The first-order valence-electron chi connectivity index (χ1n) is 4.21. The molecule has 0 unspecified atom stereocenters. The van der Waals surface area contributed by atoms with Crippen LogP contribution >= 0.6 is 24.8 Å². The average molecular weight is 230 g/mol. The van der Waals surface area contributed by atoms with Gasteiger partial charge in [-0.3, -0.25) is 4.79 Å². The number of nitrogens with one attached hydrogen (secondary N) is 1. The summed E-state index contributed by atoms with van der Waals surface area (Å²) in [6.07, 6.45) is 3.49. The Labute approximate surface area is 91.1 Å². The zero-order valence-electron chi connectivity index (χ0n) is 7.49. The number of carbonyl (C=O) groups is 1. The lowest BCUT2D eigenvalue weighted by atomic mass is 9.93. The number of halogens is 2. The third-order valence-corrected chi connectivity index (χ3v) is 2.23. The minimum Gasteiger partial charge on any atom is -0.481 e. The highest BCUT2D eigenvalue weighted by molar-refractivity contribution is 5.85. The van der Waals surface area contributed by atoms with Crippen LogP contribution in [0.25, 0.3) is 0 Å². The highest BCUT2D eigenvalue weighted by atomic mass is 35.5. The van der Waals surface area contributed by atoms with Crippen molar-refractivity contribution in [1.29, 1.82) is 0 Å². The molecule has 3 nitrogen and oxygen atoms in total.